The highest BCUT2D eigenvalue weighted by atomic mass is 35.5. The van der Waals surface area contributed by atoms with Gasteiger partial charge in [-0.15, -0.1) is 0 Å². The molecule has 0 unspecified atom stereocenters. The number of anilines is 1. The SMILES string of the molecule is C=C(Cl)/C(C[C@H](OC(=O)c1cccc(CN(C(=O)O[C@H]2CN3CCC2CC3)c2ccccc2)c1)c1ccc(OC(F)F)c(OCC2CC2)c1)=C(\C)Cl. The summed E-state index contributed by atoms with van der Waals surface area (Å²) in [5, 5.41) is 0.529. The minimum atomic E-state index is -3.05. The molecule has 0 N–H and O–H groups in total. The summed E-state index contributed by atoms with van der Waals surface area (Å²) in [4.78, 5) is 31.5. The first kappa shape index (κ1) is 37.6. The first-order valence-corrected chi connectivity index (χ1v) is 18.3. The van der Waals surface area contributed by atoms with E-state index in [2.05, 4.69) is 11.5 Å². The number of esters is 1. The molecule has 4 aliphatic rings. The minimum absolute atomic E-state index is 0.0490. The van der Waals surface area contributed by atoms with Gasteiger partial charge in [0.05, 0.1) is 18.7 Å². The lowest BCUT2D eigenvalue weighted by Crippen LogP contribution is -2.53. The van der Waals surface area contributed by atoms with E-state index in [1.807, 2.05) is 36.4 Å². The van der Waals surface area contributed by atoms with Gasteiger partial charge in [0.15, 0.2) is 11.5 Å². The van der Waals surface area contributed by atoms with Crippen molar-refractivity contribution in [2.45, 2.75) is 64.4 Å². The predicted octanol–water partition coefficient (Wildman–Crippen LogP) is 9.87. The third-order valence-corrected chi connectivity index (χ3v) is 10.2. The number of fused-ring (bicyclic) bond motifs is 3. The lowest BCUT2D eigenvalue weighted by molar-refractivity contribution is -0.0515. The summed E-state index contributed by atoms with van der Waals surface area (Å²) in [6.07, 6.45) is 2.48. The van der Waals surface area contributed by atoms with Crippen LogP contribution < -0.4 is 14.4 Å². The molecule has 276 valence electrons. The van der Waals surface area contributed by atoms with Gasteiger partial charge in [-0.25, -0.2) is 9.59 Å². The van der Waals surface area contributed by atoms with E-state index in [9.17, 15) is 18.4 Å². The number of hydrogen-bond acceptors (Lipinski definition) is 7. The topological polar surface area (TPSA) is 77.5 Å². The van der Waals surface area contributed by atoms with E-state index in [1.54, 1.807) is 30.0 Å². The van der Waals surface area contributed by atoms with E-state index < -0.39 is 24.8 Å². The summed E-state index contributed by atoms with van der Waals surface area (Å²) in [6.45, 7) is 5.69. The van der Waals surface area contributed by atoms with E-state index in [-0.39, 0.29) is 41.2 Å². The van der Waals surface area contributed by atoms with Gasteiger partial charge in [-0.2, -0.15) is 8.78 Å². The third kappa shape index (κ3) is 9.85. The van der Waals surface area contributed by atoms with E-state index in [0.29, 0.717) is 45.9 Å². The molecule has 12 heteroatoms. The van der Waals surface area contributed by atoms with Crippen molar-refractivity contribution in [3.8, 4) is 11.5 Å². The Balaban J connectivity index is 1.24. The number of piperidine rings is 3. The second-order valence-electron chi connectivity index (χ2n) is 13.5. The van der Waals surface area contributed by atoms with Gasteiger partial charge in [0.25, 0.3) is 0 Å². The van der Waals surface area contributed by atoms with Gasteiger partial charge in [0, 0.05) is 28.7 Å². The molecule has 3 aromatic rings. The number of carbonyl (C=O) groups excluding carboxylic acids is 2. The number of halogens is 4. The normalized spacial score (nSPS) is 20.5. The van der Waals surface area contributed by atoms with Gasteiger partial charge in [-0.1, -0.05) is 66.2 Å². The zero-order valence-electron chi connectivity index (χ0n) is 28.9. The first-order chi connectivity index (χ1) is 25.0. The molecule has 1 amide bonds. The van der Waals surface area contributed by atoms with Crippen LogP contribution in [0.5, 0.6) is 11.5 Å². The Labute approximate surface area is 312 Å². The number of para-hydroxylation sites is 1. The maximum atomic E-state index is 13.9. The Kier molecular flexibility index (Phi) is 12.4. The zero-order chi connectivity index (χ0) is 36.8. The third-order valence-electron chi connectivity index (χ3n) is 9.75. The van der Waals surface area contributed by atoms with Crippen molar-refractivity contribution in [3.63, 3.8) is 0 Å². The highest BCUT2D eigenvalue weighted by molar-refractivity contribution is 6.35. The first-order valence-electron chi connectivity index (χ1n) is 17.5. The Morgan fingerprint density at radius 1 is 0.962 bits per heavy atom. The molecule has 0 aromatic heterocycles. The fourth-order valence-electron chi connectivity index (χ4n) is 6.66. The number of allylic oxidation sites excluding steroid dienone is 2. The molecule has 1 aliphatic carbocycles. The van der Waals surface area contributed by atoms with Crippen molar-refractivity contribution in [1.82, 2.24) is 4.90 Å². The second kappa shape index (κ2) is 17.1. The van der Waals surface area contributed by atoms with Crippen LogP contribution in [-0.2, 0) is 16.0 Å². The van der Waals surface area contributed by atoms with Crippen LogP contribution >= 0.6 is 23.2 Å². The molecule has 3 heterocycles. The molecule has 52 heavy (non-hydrogen) atoms. The summed E-state index contributed by atoms with van der Waals surface area (Å²) in [6, 6.07) is 20.5. The van der Waals surface area contributed by atoms with Crippen molar-refractivity contribution in [2.24, 2.45) is 11.8 Å². The van der Waals surface area contributed by atoms with Crippen molar-refractivity contribution in [3.05, 3.63) is 112 Å². The molecule has 3 saturated heterocycles. The predicted molar refractivity (Wildman–Crippen MR) is 196 cm³/mol. The van der Waals surface area contributed by atoms with Crippen molar-refractivity contribution < 1.29 is 37.3 Å². The van der Waals surface area contributed by atoms with E-state index in [1.165, 1.54) is 18.2 Å². The fourth-order valence-corrected chi connectivity index (χ4v) is 7.12. The van der Waals surface area contributed by atoms with Crippen LogP contribution in [0.1, 0.15) is 66.6 Å². The maximum absolute atomic E-state index is 13.9. The van der Waals surface area contributed by atoms with Crippen LogP contribution in [0.25, 0.3) is 0 Å². The van der Waals surface area contributed by atoms with Gasteiger partial charge in [0.2, 0.25) is 0 Å². The molecule has 8 nitrogen and oxygen atoms in total. The minimum Gasteiger partial charge on any atom is -0.489 e. The van der Waals surface area contributed by atoms with Crippen LogP contribution in [0, 0.1) is 11.8 Å². The second-order valence-corrected chi connectivity index (χ2v) is 14.6. The highest BCUT2D eigenvalue weighted by Crippen LogP contribution is 2.39. The Bertz CT molecular complexity index is 1770. The number of benzene rings is 3. The van der Waals surface area contributed by atoms with Gasteiger partial charge in [-0.05, 0) is 111 Å². The number of amides is 1. The Morgan fingerprint density at radius 3 is 2.35 bits per heavy atom. The van der Waals surface area contributed by atoms with E-state index in [4.69, 9.17) is 42.1 Å². The van der Waals surface area contributed by atoms with E-state index in [0.717, 1.165) is 45.3 Å². The summed E-state index contributed by atoms with van der Waals surface area (Å²) in [5.41, 5.74) is 2.50. The summed E-state index contributed by atoms with van der Waals surface area (Å²) in [5.74, 6) is 0.0143. The molecule has 3 aliphatic heterocycles. The van der Waals surface area contributed by atoms with E-state index >= 15 is 0 Å². The van der Waals surface area contributed by atoms with Crippen molar-refractivity contribution >= 4 is 41.0 Å². The maximum Gasteiger partial charge on any atom is 0.414 e. The van der Waals surface area contributed by atoms with Crippen molar-refractivity contribution in [1.29, 1.82) is 0 Å². The molecule has 0 radical (unpaired) electrons. The molecule has 3 aromatic carbocycles. The molecule has 7 rings (SSSR count). The van der Waals surface area contributed by atoms with Crippen LogP contribution in [0.2, 0.25) is 0 Å². The molecule has 2 atom stereocenters. The number of ether oxygens (including phenoxy) is 4. The van der Waals surface area contributed by atoms with Gasteiger partial charge >= 0.3 is 18.7 Å². The molecule has 2 bridgehead atoms. The lowest BCUT2D eigenvalue weighted by Gasteiger charge is -2.44. The zero-order valence-corrected chi connectivity index (χ0v) is 30.5. The molecular weight excluding hydrogens is 713 g/mol. The number of alkyl halides is 2. The van der Waals surface area contributed by atoms with Gasteiger partial charge in [-0.3, -0.25) is 9.80 Å². The molecular formula is C40H42Cl2F2N2O6. The van der Waals surface area contributed by atoms with Gasteiger partial charge in [0.1, 0.15) is 12.2 Å². The van der Waals surface area contributed by atoms with Crippen LogP contribution in [0.15, 0.2) is 95.0 Å². The summed E-state index contributed by atoms with van der Waals surface area (Å²) in [7, 11) is 0. The number of nitrogens with zero attached hydrogens (tertiary/aromatic N) is 2. The molecule has 0 spiro atoms. The fraction of sp³-hybridized carbons (Fsp3) is 0.400. The van der Waals surface area contributed by atoms with Crippen LogP contribution in [0.3, 0.4) is 0 Å². The molecule has 1 saturated carbocycles. The average molecular weight is 756 g/mol. The van der Waals surface area contributed by atoms with Crippen LogP contribution in [0.4, 0.5) is 19.3 Å². The van der Waals surface area contributed by atoms with Gasteiger partial charge < -0.3 is 18.9 Å². The highest BCUT2D eigenvalue weighted by Gasteiger charge is 2.37. The summed E-state index contributed by atoms with van der Waals surface area (Å²) < 4.78 is 49.3. The number of hydrogen-bond donors (Lipinski definition) is 0. The molecule has 4 fully saturated rings. The standard InChI is InChI=1S/C40H42Cl2F2N2O6/c1-25(41)33(26(2)42)21-35(30-13-14-34(51-39(43)44)36(20-30)49-24-27-11-12-27)50-38(47)31-8-6-7-28(19-31)22-46(32-9-4-3-5-10-32)40(48)52-37-23-45-17-15-29(37)16-18-45/h3-10,13-14,19-20,27,29,35,37,39H,1,11-12,15-18,21-24H2,2H3/b33-26+/t35-,37-/m0/s1. The lowest BCUT2D eigenvalue weighted by atomic mass is 9.86. The quantitative estimate of drug-likeness (QED) is 0.113. The monoisotopic (exact) mass is 754 g/mol. The number of rotatable bonds is 15. The van der Waals surface area contributed by atoms with Crippen LogP contribution in [-0.4, -0.2) is 55.9 Å². The Hall–Kier alpha value is -4.12. The van der Waals surface area contributed by atoms with Crippen molar-refractivity contribution in [2.75, 3.05) is 31.1 Å². The largest absolute Gasteiger partial charge is 0.489 e. The number of carbonyl (C=O) groups is 2. The Morgan fingerprint density at radius 2 is 1.71 bits per heavy atom. The average Bonchev–Trinajstić information content (AvgIpc) is 3.97. The summed E-state index contributed by atoms with van der Waals surface area (Å²) >= 11 is 12.7. The smallest absolute Gasteiger partial charge is 0.414 e.